The van der Waals surface area contributed by atoms with Crippen LogP contribution in [0.1, 0.15) is 25.1 Å². The Labute approximate surface area is 104 Å². The lowest BCUT2D eigenvalue weighted by atomic mass is 9.77. The summed E-state index contributed by atoms with van der Waals surface area (Å²) in [6.45, 7) is 0.314. The van der Waals surface area contributed by atoms with Crippen LogP contribution in [0.4, 0.5) is 4.79 Å². The molecular formula is C11H16N4O3. The average molecular weight is 252 g/mol. The number of hydrogen-bond donors (Lipinski definition) is 3. The number of carbonyl (C=O) groups is 2. The highest BCUT2D eigenvalue weighted by atomic mass is 16.4. The van der Waals surface area contributed by atoms with Crippen LogP contribution in [-0.4, -0.2) is 44.6 Å². The summed E-state index contributed by atoms with van der Waals surface area (Å²) in [5.74, 6) is -0.306. The monoisotopic (exact) mass is 252 g/mol. The minimum absolute atomic E-state index is 0.314. The first-order valence-electron chi connectivity index (χ1n) is 5.78. The van der Waals surface area contributed by atoms with Gasteiger partial charge in [0.25, 0.3) is 0 Å². The first-order valence-corrected chi connectivity index (χ1v) is 5.78. The molecule has 1 saturated carbocycles. The second-order valence-corrected chi connectivity index (χ2v) is 4.56. The van der Waals surface area contributed by atoms with Crippen molar-refractivity contribution in [3.63, 3.8) is 0 Å². The summed E-state index contributed by atoms with van der Waals surface area (Å²) in [5, 5.41) is 11.7. The lowest BCUT2D eigenvalue weighted by Gasteiger charge is -2.39. The van der Waals surface area contributed by atoms with E-state index in [-0.39, 0.29) is 0 Å². The van der Waals surface area contributed by atoms with Gasteiger partial charge >= 0.3 is 12.0 Å². The first kappa shape index (κ1) is 12.4. The molecule has 1 aliphatic rings. The van der Waals surface area contributed by atoms with E-state index in [0.29, 0.717) is 25.2 Å². The van der Waals surface area contributed by atoms with Gasteiger partial charge < -0.3 is 20.3 Å². The molecule has 1 fully saturated rings. The Morgan fingerprint density at radius 1 is 1.61 bits per heavy atom. The van der Waals surface area contributed by atoms with Gasteiger partial charge in [0.15, 0.2) is 0 Å². The molecule has 1 aliphatic carbocycles. The number of hydrogen-bond acceptors (Lipinski definition) is 3. The smallest absolute Gasteiger partial charge is 0.329 e. The Morgan fingerprint density at radius 2 is 2.33 bits per heavy atom. The van der Waals surface area contributed by atoms with E-state index in [1.807, 2.05) is 0 Å². The number of carbonyl (C=O) groups excluding carboxylic acids is 1. The number of H-pyrrole nitrogens is 1. The van der Waals surface area contributed by atoms with Crippen molar-refractivity contribution in [1.82, 2.24) is 20.2 Å². The van der Waals surface area contributed by atoms with Gasteiger partial charge in [-0.25, -0.2) is 14.6 Å². The molecule has 3 N–H and O–H groups in total. The van der Waals surface area contributed by atoms with Gasteiger partial charge in [0.1, 0.15) is 11.4 Å². The van der Waals surface area contributed by atoms with Crippen LogP contribution in [0.3, 0.4) is 0 Å². The molecule has 1 aromatic heterocycles. The average Bonchev–Trinajstić information content (AvgIpc) is 2.75. The van der Waals surface area contributed by atoms with Crippen molar-refractivity contribution in [1.29, 1.82) is 0 Å². The van der Waals surface area contributed by atoms with E-state index in [4.69, 9.17) is 5.11 Å². The topological polar surface area (TPSA) is 98.3 Å². The van der Waals surface area contributed by atoms with E-state index in [1.54, 1.807) is 19.4 Å². The maximum absolute atomic E-state index is 11.9. The molecular weight excluding hydrogens is 236 g/mol. The van der Waals surface area contributed by atoms with Crippen LogP contribution >= 0.6 is 0 Å². The summed E-state index contributed by atoms with van der Waals surface area (Å²) in [6.07, 6.45) is 5.08. The number of aromatic nitrogens is 2. The standard InChI is InChI=1S/C11H16N4O3/c1-15(7-8-12-5-6-13-8)10(18)14-11(9(16)17)3-2-4-11/h5-6H,2-4,7H2,1H3,(H,12,13)(H,14,18)(H,16,17). The molecule has 1 heterocycles. The Bertz CT molecular complexity index is 439. The van der Waals surface area contributed by atoms with E-state index < -0.39 is 17.5 Å². The number of amides is 2. The van der Waals surface area contributed by atoms with Crippen molar-refractivity contribution >= 4 is 12.0 Å². The van der Waals surface area contributed by atoms with Gasteiger partial charge in [-0.15, -0.1) is 0 Å². The molecule has 18 heavy (non-hydrogen) atoms. The lowest BCUT2D eigenvalue weighted by molar-refractivity contribution is -0.148. The third kappa shape index (κ3) is 2.29. The number of urea groups is 1. The third-order valence-corrected chi connectivity index (χ3v) is 3.25. The van der Waals surface area contributed by atoms with Crippen molar-refractivity contribution < 1.29 is 14.7 Å². The van der Waals surface area contributed by atoms with E-state index in [0.717, 1.165) is 6.42 Å². The fourth-order valence-electron chi connectivity index (χ4n) is 1.90. The van der Waals surface area contributed by atoms with Gasteiger partial charge in [0.2, 0.25) is 0 Å². The molecule has 0 aromatic carbocycles. The van der Waals surface area contributed by atoms with Crippen molar-refractivity contribution in [2.75, 3.05) is 7.05 Å². The summed E-state index contributed by atoms with van der Waals surface area (Å²) in [6, 6.07) is -0.395. The number of carboxylic acid groups (broad SMARTS) is 1. The quantitative estimate of drug-likeness (QED) is 0.729. The second-order valence-electron chi connectivity index (χ2n) is 4.56. The van der Waals surface area contributed by atoms with Crippen molar-refractivity contribution in [2.24, 2.45) is 0 Å². The molecule has 0 spiro atoms. The third-order valence-electron chi connectivity index (χ3n) is 3.25. The summed E-state index contributed by atoms with van der Waals surface area (Å²) >= 11 is 0. The molecule has 0 bridgehead atoms. The van der Waals surface area contributed by atoms with Gasteiger partial charge in [0, 0.05) is 19.4 Å². The highest BCUT2D eigenvalue weighted by Crippen LogP contribution is 2.32. The number of nitrogens with one attached hydrogen (secondary N) is 2. The maximum Gasteiger partial charge on any atom is 0.329 e. The minimum Gasteiger partial charge on any atom is -0.480 e. The van der Waals surface area contributed by atoms with Crippen LogP contribution < -0.4 is 5.32 Å². The largest absolute Gasteiger partial charge is 0.480 e. The van der Waals surface area contributed by atoms with E-state index >= 15 is 0 Å². The predicted molar refractivity (Wildman–Crippen MR) is 62.8 cm³/mol. The van der Waals surface area contributed by atoms with Crippen LogP contribution in [0.15, 0.2) is 12.4 Å². The van der Waals surface area contributed by atoms with Crippen molar-refractivity contribution in [3.05, 3.63) is 18.2 Å². The van der Waals surface area contributed by atoms with E-state index in [9.17, 15) is 9.59 Å². The molecule has 2 rings (SSSR count). The maximum atomic E-state index is 11.9. The fourth-order valence-corrected chi connectivity index (χ4v) is 1.90. The van der Waals surface area contributed by atoms with E-state index in [2.05, 4.69) is 15.3 Å². The van der Waals surface area contributed by atoms with E-state index in [1.165, 1.54) is 4.90 Å². The molecule has 2 amide bonds. The zero-order chi connectivity index (χ0) is 13.2. The minimum atomic E-state index is -1.07. The van der Waals surface area contributed by atoms with Crippen molar-refractivity contribution in [2.45, 2.75) is 31.3 Å². The molecule has 0 aliphatic heterocycles. The Hall–Kier alpha value is -2.05. The number of carboxylic acids is 1. The molecule has 98 valence electrons. The van der Waals surface area contributed by atoms with Crippen LogP contribution in [0.25, 0.3) is 0 Å². The zero-order valence-corrected chi connectivity index (χ0v) is 10.1. The molecule has 7 nitrogen and oxygen atoms in total. The molecule has 0 radical (unpaired) electrons. The number of aromatic amines is 1. The summed E-state index contributed by atoms with van der Waals surface area (Å²) in [5.41, 5.74) is -1.07. The molecule has 7 heteroatoms. The summed E-state index contributed by atoms with van der Waals surface area (Å²) < 4.78 is 0. The predicted octanol–water partition coefficient (Wildman–Crippen LogP) is 0.558. The Balaban J connectivity index is 1.93. The number of rotatable bonds is 4. The van der Waals surface area contributed by atoms with Crippen LogP contribution in [0, 0.1) is 0 Å². The van der Waals surface area contributed by atoms with Gasteiger partial charge in [-0.3, -0.25) is 0 Å². The first-order chi connectivity index (χ1) is 8.53. The van der Waals surface area contributed by atoms with Crippen LogP contribution in [0.2, 0.25) is 0 Å². The number of aliphatic carboxylic acids is 1. The van der Waals surface area contributed by atoms with Crippen LogP contribution in [-0.2, 0) is 11.3 Å². The fraction of sp³-hybridized carbons (Fsp3) is 0.545. The van der Waals surface area contributed by atoms with Gasteiger partial charge in [-0.1, -0.05) is 0 Å². The molecule has 1 aromatic rings. The summed E-state index contributed by atoms with van der Waals surface area (Å²) in [4.78, 5) is 31.3. The number of imidazole rings is 1. The highest BCUT2D eigenvalue weighted by Gasteiger charge is 2.46. The van der Waals surface area contributed by atoms with Gasteiger partial charge in [-0.2, -0.15) is 0 Å². The normalized spacial score (nSPS) is 16.7. The Morgan fingerprint density at radius 3 is 2.78 bits per heavy atom. The van der Waals surface area contributed by atoms with Gasteiger partial charge in [0.05, 0.1) is 6.54 Å². The van der Waals surface area contributed by atoms with Gasteiger partial charge in [-0.05, 0) is 19.3 Å². The highest BCUT2D eigenvalue weighted by molar-refractivity contribution is 5.87. The molecule has 0 atom stereocenters. The Kier molecular flexibility index (Phi) is 3.22. The molecule has 0 saturated heterocycles. The zero-order valence-electron chi connectivity index (χ0n) is 10.1. The number of nitrogens with zero attached hydrogens (tertiary/aromatic N) is 2. The SMILES string of the molecule is CN(Cc1ncc[nH]1)C(=O)NC1(C(=O)O)CCC1. The van der Waals surface area contributed by atoms with Crippen LogP contribution in [0.5, 0.6) is 0 Å². The lowest BCUT2D eigenvalue weighted by Crippen LogP contribution is -2.61. The van der Waals surface area contributed by atoms with Crippen molar-refractivity contribution in [3.8, 4) is 0 Å². The molecule has 0 unspecified atom stereocenters. The second kappa shape index (κ2) is 4.67. The summed E-state index contributed by atoms with van der Waals surface area (Å²) in [7, 11) is 1.60.